The van der Waals surface area contributed by atoms with Crippen LogP contribution in [0.15, 0.2) is 66.9 Å². The third-order valence-electron chi connectivity index (χ3n) is 5.71. The number of amides is 2. The van der Waals surface area contributed by atoms with Crippen LogP contribution in [0.25, 0.3) is 11.1 Å². The topological polar surface area (TPSA) is 109 Å². The van der Waals surface area contributed by atoms with Crippen LogP contribution in [-0.2, 0) is 20.7 Å². The van der Waals surface area contributed by atoms with Crippen molar-refractivity contribution in [2.75, 3.05) is 25.0 Å². The van der Waals surface area contributed by atoms with Crippen molar-refractivity contribution in [3.05, 3.63) is 83.7 Å². The van der Waals surface area contributed by atoms with E-state index in [1.165, 1.54) is 6.20 Å². The fourth-order valence-corrected chi connectivity index (χ4v) is 4.13. The van der Waals surface area contributed by atoms with E-state index in [0.717, 1.165) is 27.2 Å². The van der Waals surface area contributed by atoms with E-state index in [1.807, 2.05) is 36.4 Å². The fourth-order valence-electron chi connectivity index (χ4n) is 4.13. The SMILES string of the molecule is C#CCN(CC(=O)O)C(=O)Cc1ccc(NC(=O)OCC2c3ccccc3-c3ccccc32)cn1. The maximum atomic E-state index is 12.4. The number of carboxylic acid groups (broad SMARTS) is 1. The number of nitrogens with zero attached hydrogens (tertiary/aromatic N) is 2. The zero-order valence-corrected chi connectivity index (χ0v) is 18.8. The number of carboxylic acids is 1. The number of ether oxygens (including phenoxy) is 1. The monoisotopic (exact) mass is 469 g/mol. The molecule has 0 bridgehead atoms. The fraction of sp³-hybridized carbons (Fsp3) is 0.185. The molecule has 1 heterocycles. The van der Waals surface area contributed by atoms with Gasteiger partial charge in [0.1, 0.15) is 13.2 Å². The Bertz CT molecular complexity index is 1250. The number of carbonyl (C=O) groups is 3. The summed E-state index contributed by atoms with van der Waals surface area (Å²) in [5.41, 5.74) is 5.37. The Kier molecular flexibility index (Phi) is 7.07. The molecule has 3 aromatic rings. The molecular formula is C27H23N3O5. The number of hydrogen-bond donors (Lipinski definition) is 2. The molecule has 8 nitrogen and oxygen atoms in total. The second-order valence-electron chi connectivity index (χ2n) is 8.01. The van der Waals surface area contributed by atoms with Crippen LogP contribution >= 0.6 is 0 Å². The molecular weight excluding hydrogens is 446 g/mol. The van der Waals surface area contributed by atoms with Gasteiger partial charge in [0.2, 0.25) is 5.91 Å². The first-order valence-corrected chi connectivity index (χ1v) is 11.0. The lowest BCUT2D eigenvalue weighted by atomic mass is 9.98. The van der Waals surface area contributed by atoms with Gasteiger partial charge in [0.15, 0.2) is 0 Å². The number of pyridine rings is 1. The molecule has 0 aliphatic heterocycles. The molecule has 0 unspecified atom stereocenters. The van der Waals surface area contributed by atoms with Crippen molar-refractivity contribution in [2.45, 2.75) is 12.3 Å². The molecule has 1 aliphatic rings. The Morgan fingerprint density at radius 3 is 2.26 bits per heavy atom. The molecule has 0 radical (unpaired) electrons. The Labute approximate surface area is 202 Å². The van der Waals surface area contributed by atoms with Gasteiger partial charge in [-0.25, -0.2) is 4.79 Å². The third-order valence-corrected chi connectivity index (χ3v) is 5.71. The lowest BCUT2D eigenvalue weighted by Crippen LogP contribution is -2.37. The molecule has 0 saturated heterocycles. The van der Waals surface area contributed by atoms with Crippen LogP contribution in [0.4, 0.5) is 10.5 Å². The normalized spacial score (nSPS) is 11.6. The third kappa shape index (κ3) is 5.47. The summed E-state index contributed by atoms with van der Waals surface area (Å²) in [6, 6.07) is 19.3. The zero-order chi connectivity index (χ0) is 24.8. The van der Waals surface area contributed by atoms with Crippen LogP contribution in [-0.4, -0.2) is 52.7 Å². The van der Waals surface area contributed by atoms with Gasteiger partial charge in [0.05, 0.1) is 24.8 Å². The minimum atomic E-state index is -1.15. The van der Waals surface area contributed by atoms with Crippen LogP contribution in [0.3, 0.4) is 0 Å². The lowest BCUT2D eigenvalue weighted by molar-refractivity contribution is -0.143. The maximum Gasteiger partial charge on any atom is 0.411 e. The molecule has 2 N–H and O–H groups in total. The van der Waals surface area contributed by atoms with E-state index in [9.17, 15) is 14.4 Å². The quantitative estimate of drug-likeness (QED) is 0.489. The smallest absolute Gasteiger partial charge is 0.411 e. The van der Waals surface area contributed by atoms with E-state index < -0.39 is 24.5 Å². The van der Waals surface area contributed by atoms with Crippen LogP contribution in [0.5, 0.6) is 0 Å². The van der Waals surface area contributed by atoms with Gasteiger partial charge in [-0.05, 0) is 34.4 Å². The number of hydrogen-bond acceptors (Lipinski definition) is 5. The van der Waals surface area contributed by atoms with Gasteiger partial charge in [-0.3, -0.25) is 19.9 Å². The van der Waals surface area contributed by atoms with Gasteiger partial charge in [-0.15, -0.1) is 6.42 Å². The molecule has 2 aromatic carbocycles. The number of carbonyl (C=O) groups excluding carboxylic acids is 2. The predicted octanol–water partition coefficient (Wildman–Crippen LogP) is 3.53. The first kappa shape index (κ1) is 23.5. The number of nitrogens with one attached hydrogen (secondary N) is 1. The summed E-state index contributed by atoms with van der Waals surface area (Å²) in [5, 5.41) is 11.6. The van der Waals surface area contributed by atoms with Gasteiger partial charge in [-0.1, -0.05) is 54.5 Å². The second kappa shape index (κ2) is 10.5. The summed E-state index contributed by atoms with van der Waals surface area (Å²) >= 11 is 0. The van der Waals surface area contributed by atoms with Crippen molar-refractivity contribution in [3.63, 3.8) is 0 Å². The molecule has 2 amide bonds. The van der Waals surface area contributed by atoms with Crippen molar-refractivity contribution < 1.29 is 24.2 Å². The number of aromatic nitrogens is 1. The summed E-state index contributed by atoms with van der Waals surface area (Å²) in [4.78, 5) is 40.9. The average Bonchev–Trinajstić information content (AvgIpc) is 3.17. The summed E-state index contributed by atoms with van der Waals surface area (Å²) in [6.45, 7) is -0.397. The maximum absolute atomic E-state index is 12.4. The second-order valence-corrected chi connectivity index (χ2v) is 8.01. The van der Waals surface area contributed by atoms with Crippen LogP contribution < -0.4 is 5.32 Å². The number of fused-ring (bicyclic) bond motifs is 3. The first-order valence-electron chi connectivity index (χ1n) is 11.0. The van der Waals surface area contributed by atoms with Crippen LogP contribution in [0.1, 0.15) is 22.7 Å². The molecule has 176 valence electrons. The van der Waals surface area contributed by atoms with E-state index in [2.05, 4.69) is 28.4 Å². The number of rotatable bonds is 8. The van der Waals surface area contributed by atoms with Gasteiger partial charge < -0.3 is 14.7 Å². The Hall–Kier alpha value is -4.64. The van der Waals surface area contributed by atoms with Crippen LogP contribution in [0, 0.1) is 12.3 Å². The highest BCUT2D eigenvalue weighted by Gasteiger charge is 2.29. The summed E-state index contributed by atoms with van der Waals surface area (Å²) < 4.78 is 5.52. The minimum absolute atomic E-state index is 0.0450. The number of terminal acetylenes is 1. The number of anilines is 1. The van der Waals surface area contributed by atoms with Gasteiger partial charge in [-0.2, -0.15) is 0 Å². The van der Waals surface area contributed by atoms with Gasteiger partial charge in [0.25, 0.3) is 0 Å². The van der Waals surface area contributed by atoms with E-state index >= 15 is 0 Å². The molecule has 0 atom stereocenters. The Morgan fingerprint density at radius 2 is 1.69 bits per heavy atom. The average molecular weight is 469 g/mol. The van der Waals surface area contributed by atoms with E-state index in [-0.39, 0.29) is 25.5 Å². The highest BCUT2D eigenvalue weighted by atomic mass is 16.5. The van der Waals surface area contributed by atoms with Crippen molar-refractivity contribution in [1.29, 1.82) is 0 Å². The summed E-state index contributed by atoms with van der Waals surface area (Å²) in [6.07, 6.45) is 5.90. The van der Waals surface area contributed by atoms with E-state index in [4.69, 9.17) is 16.3 Å². The standard InChI is InChI=1S/C27H23N3O5/c1-2-13-30(16-26(32)33)25(31)14-18-11-12-19(15-28-18)29-27(34)35-17-24-22-9-5-3-7-20(22)21-8-4-6-10-23(21)24/h1,3-12,15,24H,13-14,16-17H2,(H,29,34)(H,32,33). The van der Waals surface area contributed by atoms with E-state index in [1.54, 1.807) is 12.1 Å². The lowest BCUT2D eigenvalue weighted by Gasteiger charge is -2.17. The van der Waals surface area contributed by atoms with Crippen molar-refractivity contribution in [3.8, 4) is 23.5 Å². The number of aliphatic carboxylic acids is 1. The highest BCUT2D eigenvalue weighted by molar-refractivity contribution is 5.85. The molecule has 1 aliphatic carbocycles. The van der Waals surface area contributed by atoms with Crippen molar-refractivity contribution in [2.24, 2.45) is 0 Å². The first-order chi connectivity index (χ1) is 17.0. The van der Waals surface area contributed by atoms with Crippen molar-refractivity contribution >= 4 is 23.7 Å². The van der Waals surface area contributed by atoms with E-state index in [0.29, 0.717) is 11.4 Å². The zero-order valence-electron chi connectivity index (χ0n) is 18.8. The minimum Gasteiger partial charge on any atom is -0.480 e. The Morgan fingerprint density at radius 1 is 1.03 bits per heavy atom. The largest absolute Gasteiger partial charge is 0.480 e. The molecule has 4 rings (SSSR count). The molecule has 35 heavy (non-hydrogen) atoms. The number of benzene rings is 2. The van der Waals surface area contributed by atoms with Gasteiger partial charge in [0, 0.05) is 11.6 Å². The molecule has 8 heteroatoms. The molecule has 1 aromatic heterocycles. The van der Waals surface area contributed by atoms with Gasteiger partial charge >= 0.3 is 12.1 Å². The molecule has 0 spiro atoms. The summed E-state index contributed by atoms with van der Waals surface area (Å²) in [5.74, 6) is 0.631. The van der Waals surface area contributed by atoms with Crippen LogP contribution in [0.2, 0.25) is 0 Å². The van der Waals surface area contributed by atoms with Crippen molar-refractivity contribution in [1.82, 2.24) is 9.88 Å². The molecule has 0 saturated carbocycles. The molecule has 0 fully saturated rings. The summed E-state index contributed by atoms with van der Waals surface area (Å²) in [7, 11) is 0. The Balaban J connectivity index is 1.34. The predicted molar refractivity (Wildman–Crippen MR) is 130 cm³/mol. The highest BCUT2D eigenvalue weighted by Crippen LogP contribution is 2.44.